The SMILES string of the molecule is C[C@H]1[C@@H](Nc2ncnc3[nH]ncc23)CCCN1C(=O)CNc1cc(F)cc(Cl)c1. The fourth-order valence-corrected chi connectivity index (χ4v) is 3.90. The number of hydrogen-bond acceptors (Lipinski definition) is 6. The lowest BCUT2D eigenvalue weighted by Crippen LogP contribution is -2.53. The zero-order valence-electron chi connectivity index (χ0n) is 15.8. The van der Waals surface area contributed by atoms with E-state index in [0.717, 1.165) is 18.2 Å². The number of carbonyl (C=O) groups excluding carboxylic acids is 1. The lowest BCUT2D eigenvalue weighted by molar-refractivity contribution is -0.132. The van der Waals surface area contributed by atoms with Gasteiger partial charge in [0.2, 0.25) is 5.91 Å². The topological polar surface area (TPSA) is 98.8 Å². The maximum atomic E-state index is 13.5. The molecule has 1 aliphatic heterocycles. The monoisotopic (exact) mass is 417 g/mol. The van der Waals surface area contributed by atoms with Crippen LogP contribution in [0, 0.1) is 5.82 Å². The number of anilines is 2. The highest BCUT2D eigenvalue weighted by atomic mass is 35.5. The van der Waals surface area contributed by atoms with E-state index in [1.165, 1.54) is 18.5 Å². The van der Waals surface area contributed by atoms with Crippen LogP contribution in [0.4, 0.5) is 15.9 Å². The number of carbonyl (C=O) groups is 1. The van der Waals surface area contributed by atoms with Crippen molar-refractivity contribution in [1.29, 1.82) is 0 Å². The molecule has 0 radical (unpaired) electrons. The Morgan fingerprint density at radius 3 is 3.07 bits per heavy atom. The summed E-state index contributed by atoms with van der Waals surface area (Å²) < 4.78 is 13.5. The molecule has 3 heterocycles. The van der Waals surface area contributed by atoms with Crippen LogP contribution >= 0.6 is 11.6 Å². The molecule has 1 aromatic carbocycles. The van der Waals surface area contributed by atoms with Crippen LogP contribution < -0.4 is 10.6 Å². The number of amides is 1. The summed E-state index contributed by atoms with van der Waals surface area (Å²) in [6, 6.07) is 4.14. The zero-order chi connectivity index (χ0) is 20.4. The molecule has 3 N–H and O–H groups in total. The fourth-order valence-electron chi connectivity index (χ4n) is 3.68. The van der Waals surface area contributed by atoms with Crippen molar-refractivity contribution in [2.24, 2.45) is 0 Å². The van der Waals surface area contributed by atoms with Crippen LogP contribution in [0.5, 0.6) is 0 Å². The van der Waals surface area contributed by atoms with Gasteiger partial charge in [-0.1, -0.05) is 11.6 Å². The lowest BCUT2D eigenvalue weighted by Gasteiger charge is -2.40. The molecular formula is C19H21ClFN7O. The molecule has 1 aliphatic rings. The van der Waals surface area contributed by atoms with E-state index >= 15 is 0 Å². The van der Waals surface area contributed by atoms with Gasteiger partial charge in [0.05, 0.1) is 18.1 Å². The number of likely N-dealkylation sites (tertiary alicyclic amines) is 1. The molecule has 2 atom stereocenters. The van der Waals surface area contributed by atoms with Crippen LogP contribution in [-0.2, 0) is 4.79 Å². The van der Waals surface area contributed by atoms with Crippen molar-refractivity contribution in [3.8, 4) is 0 Å². The highest BCUT2D eigenvalue weighted by molar-refractivity contribution is 6.30. The number of aromatic nitrogens is 4. The highest BCUT2D eigenvalue weighted by Crippen LogP contribution is 2.24. The minimum absolute atomic E-state index is 0.0361. The molecule has 4 rings (SSSR count). The average Bonchev–Trinajstić information content (AvgIpc) is 3.17. The van der Waals surface area contributed by atoms with Crippen molar-refractivity contribution in [1.82, 2.24) is 25.1 Å². The van der Waals surface area contributed by atoms with Gasteiger partial charge in [0.15, 0.2) is 5.65 Å². The third-order valence-electron chi connectivity index (χ3n) is 5.18. The van der Waals surface area contributed by atoms with Crippen LogP contribution in [0.1, 0.15) is 19.8 Å². The Labute approximate surface area is 171 Å². The Morgan fingerprint density at radius 2 is 2.24 bits per heavy atom. The zero-order valence-corrected chi connectivity index (χ0v) is 16.6. The maximum Gasteiger partial charge on any atom is 0.242 e. The van der Waals surface area contributed by atoms with Gasteiger partial charge in [-0.3, -0.25) is 9.89 Å². The summed E-state index contributed by atoms with van der Waals surface area (Å²) >= 11 is 5.87. The molecule has 0 bridgehead atoms. The van der Waals surface area contributed by atoms with E-state index in [1.807, 2.05) is 11.8 Å². The number of fused-ring (bicyclic) bond motifs is 1. The normalized spacial score (nSPS) is 19.3. The first-order valence-electron chi connectivity index (χ1n) is 9.41. The quantitative estimate of drug-likeness (QED) is 0.590. The second-order valence-corrected chi connectivity index (χ2v) is 7.52. The van der Waals surface area contributed by atoms with Gasteiger partial charge in [0, 0.05) is 29.3 Å². The molecule has 2 aromatic heterocycles. The van der Waals surface area contributed by atoms with Crippen molar-refractivity contribution >= 4 is 40.0 Å². The minimum Gasteiger partial charge on any atom is -0.376 e. The molecule has 1 amide bonds. The maximum absolute atomic E-state index is 13.5. The number of hydrogen-bond donors (Lipinski definition) is 3. The lowest BCUT2D eigenvalue weighted by atomic mass is 9.97. The van der Waals surface area contributed by atoms with Crippen molar-refractivity contribution in [3.63, 3.8) is 0 Å². The molecule has 0 saturated carbocycles. The Kier molecular flexibility index (Phi) is 5.48. The largest absolute Gasteiger partial charge is 0.376 e. The fraction of sp³-hybridized carbons (Fsp3) is 0.368. The molecule has 3 aromatic rings. The van der Waals surface area contributed by atoms with Gasteiger partial charge in [-0.05, 0) is 38.0 Å². The summed E-state index contributed by atoms with van der Waals surface area (Å²) in [4.78, 5) is 23.1. The second kappa shape index (κ2) is 8.20. The molecule has 10 heteroatoms. The Hall–Kier alpha value is -2.94. The number of H-pyrrole nitrogens is 1. The average molecular weight is 418 g/mol. The van der Waals surface area contributed by atoms with Gasteiger partial charge in [-0.15, -0.1) is 0 Å². The summed E-state index contributed by atoms with van der Waals surface area (Å²) in [7, 11) is 0. The van der Waals surface area contributed by atoms with Gasteiger partial charge in [0.25, 0.3) is 0 Å². The molecule has 152 valence electrons. The van der Waals surface area contributed by atoms with Crippen molar-refractivity contribution in [3.05, 3.63) is 41.6 Å². The summed E-state index contributed by atoms with van der Waals surface area (Å²) in [6.07, 6.45) is 4.95. The summed E-state index contributed by atoms with van der Waals surface area (Å²) in [6.45, 7) is 2.76. The van der Waals surface area contributed by atoms with Crippen LogP contribution in [0.15, 0.2) is 30.7 Å². The van der Waals surface area contributed by atoms with E-state index in [-0.39, 0.29) is 29.6 Å². The number of aromatic amines is 1. The van der Waals surface area contributed by atoms with Crippen molar-refractivity contribution in [2.75, 3.05) is 23.7 Å². The number of halogens is 2. The van der Waals surface area contributed by atoms with Gasteiger partial charge >= 0.3 is 0 Å². The van der Waals surface area contributed by atoms with Crippen LogP contribution in [0.2, 0.25) is 5.02 Å². The summed E-state index contributed by atoms with van der Waals surface area (Å²) in [5.41, 5.74) is 1.14. The van der Waals surface area contributed by atoms with E-state index in [9.17, 15) is 9.18 Å². The predicted octanol–water partition coefficient (Wildman–Crippen LogP) is 3.05. The van der Waals surface area contributed by atoms with Gasteiger partial charge in [-0.2, -0.15) is 5.10 Å². The molecular weight excluding hydrogens is 397 g/mol. The van der Waals surface area contributed by atoms with E-state index in [0.29, 0.717) is 23.7 Å². The molecule has 8 nitrogen and oxygen atoms in total. The van der Waals surface area contributed by atoms with E-state index < -0.39 is 5.82 Å². The Bertz CT molecular complexity index is 1010. The molecule has 29 heavy (non-hydrogen) atoms. The van der Waals surface area contributed by atoms with Crippen molar-refractivity contribution in [2.45, 2.75) is 31.8 Å². The van der Waals surface area contributed by atoms with E-state index in [1.54, 1.807) is 12.3 Å². The predicted molar refractivity (Wildman–Crippen MR) is 109 cm³/mol. The molecule has 0 aliphatic carbocycles. The third kappa shape index (κ3) is 4.24. The van der Waals surface area contributed by atoms with Crippen LogP contribution in [-0.4, -0.2) is 56.1 Å². The highest BCUT2D eigenvalue weighted by Gasteiger charge is 2.31. The number of piperidine rings is 1. The number of benzene rings is 1. The standard InChI is InChI=1S/C19H21ClFN7O/c1-11-16(26-18-15-8-25-27-19(15)24-10-23-18)3-2-4-28(11)17(29)9-22-14-6-12(20)5-13(21)7-14/h5-8,10-11,16,22H,2-4,9H2,1H3,(H2,23,24,25,26,27)/t11-,16-/m0/s1. The van der Waals surface area contributed by atoms with E-state index in [2.05, 4.69) is 30.8 Å². The molecule has 0 unspecified atom stereocenters. The summed E-state index contributed by atoms with van der Waals surface area (Å²) in [5, 5.41) is 14.3. The van der Waals surface area contributed by atoms with Crippen LogP contribution in [0.3, 0.4) is 0 Å². The number of rotatable bonds is 5. The third-order valence-corrected chi connectivity index (χ3v) is 5.40. The Morgan fingerprint density at radius 1 is 1.38 bits per heavy atom. The Balaban J connectivity index is 1.41. The van der Waals surface area contributed by atoms with Gasteiger partial charge < -0.3 is 15.5 Å². The van der Waals surface area contributed by atoms with Crippen LogP contribution in [0.25, 0.3) is 11.0 Å². The minimum atomic E-state index is -0.446. The molecule has 1 saturated heterocycles. The molecule has 1 fully saturated rings. The van der Waals surface area contributed by atoms with Gasteiger partial charge in [0.1, 0.15) is 18.0 Å². The first kappa shape index (κ1) is 19.4. The first-order valence-corrected chi connectivity index (χ1v) is 9.79. The first-order chi connectivity index (χ1) is 14.0. The second-order valence-electron chi connectivity index (χ2n) is 7.09. The number of nitrogens with zero attached hydrogens (tertiary/aromatic N) is 4. The van der Waals surface area contributed by atoms with Gasteiger partial charge in [-0.25, -0.2) is 14.4 Å². The molecule has 0 spiro atoms. The van der Waals surface area contributed by atoms with Crippen molar-refractivity contribution < 1.29 is 9.18 Å². The van der Waals surface area contributed by atoms with E-state index in [4.69, 9.17) is 11.6 Å². The number of nitrogens with one attached hydrogen (secondary N) is 3. The summed E-state index contributed by atoms with van der Waals surface area (Å²) in [5.74, 6) is 0.196. The smallest absolute Gasteiger partial charge is 0.242 e.